The third-order valence-electron chi connectivity index (χ3n) is 4.01. The maximum Gasteiger partial charge on any atom is 0.338 e. The first kappa shape index (κ1) is 17.6. The summed E-state index contributed by atoms with van der Waals surface area (Å²) in [6, 6.07) is 14.8. The van der Waals surface area contributed by atoms with E-state index in [1.54, 1.807) is 37.8 Å². The van der Waals surface area contributed by atoms with Gasteiger partial charge in [-0.3, -0.25) is 4.79 Å². The van der Waals surface area contributed by atoms with E-state index in [0.717, 1.165) is 16.6 Å². The van der Waals surface area contributed by atoms with E-state index in [0.29, 0.717) is 12.1 Å². The minimum atomic E-state index is -0.821. The minimum absolute atomic E-state index is 0.256. The van der Waals surface area contributed by atoms with Crippen molar-refractivity contribution in [1.29, 1.82) is 0 Å². The summed E-state index contributed by atoms with van der Waals surface area (Å²) >= 11 is 0. The Hall–Kier alpha value is -3.22. The average Bonchev–Trinajstić information content (AvgIpc) is 3.04. The van der Waals surface area contributed by atoms with E-state index in [2.05, 4.69) is 10.3 Å². The highest BCUT2D eigenvalue weighted by molar-refractivity contribution is 5.92. The molecule has 1 atom stereocenters. The number of amides is 1. The molecule has 0 aliphatic rings. The van der Waals surface area contributed by atoms with Crippen molar-refractivity contribution in [3.05, 3.63) is 59.7 Å². The van der Waals surface area contributed by atoms with Crippen LogP contribution in [0.4, 0.5) is 0 Å². The fraction of sp³-hybridized carbons (Fsp3) is 0.263. The molecule has 0 bridgehead atoms. The van der Waals surface area contributed by atoms with Crippen LogP contribution in [0.25, 0.3) is 11.0 Å². The summed E-state index contributed by atoms with van der Waals surface area (Å²) in [5.74, 6) is -0.779. The van der Waals surface area contributed by atoms with E-state index in [9.17, 15) is 9.59 Å². The summed E-state index contributed by atoms with van der Waals surface area (Å²) in [6.45, 7) is 2.11. The number of rotatable bonds is 5. The zero-order valence-electron chi connectivity index (χ0n) is 14.9. The molecule has 2 aromatic carbocycles. The largest absolute Gasteiger partial charge is 0.449 e. The number of ether oxygens (including phenoxy) is 1. The van der Waals surface area contributed by atoms with Gasteiger partial charge < -0.3 is 9.64 Å². The molecule has 1 aromatic heterocycles. The molecule has 0 unspecified atom stereocenters. The van der Waals surface area contributed by atoms with Crippen LogP contribution in [-0.2, 0) is 16.1 Å². The monoisotopic (exact) mass is 352 g/mol. The number of para-hydroxylation sites is 1. The molecule has 134 valence electrons. The van der Waals surface area contributed by atoms with Gasteiger partial charge in [0, 0.05) is 14.1 Å². The first-order chi connectivity index (χ1) is 12.5. The van der Waals surface area contributed by atoms with Gasteiger partial charge in [0.1, 0.15) is 5.52 Å². The van der Waals surface area contributed by atoms with E-state index in [1.165, 1.54) is 4.90 Å². The molecule has 0 saturated carbocycles. The Bertz CT molecular complexity index is 931. The van der Waals surface area contributed by atoms with Gasteiger partial charge in [0.2, 0.25) is 0 Å². The fourth-order valence-corrected chi connectivity index (χ4v) is 2.60. The standard InChI is InChI=1S/C19H20N4O3/c1-13(18(24)22(2)3)26-19(25)15-10-8-14(9-11-15)12-23-17-7-5-4-6-16(17)20-21-23/h4-11,13H,12H2,1-3H3/t13-/m0/s1. The van der Waals surface area contributed by atoms with Gasteiger partial charge in [-0.05, 0) is 36.8 Å². The molecule has 1 amide bonds. The molecular weight excluding hydrogens is 332 g/mol. The number of carbonyl (C=O) groups is 2. The average molecular weight is 352 g/mol. The smallest absolute Gasteiger partial charge is 0.338 e. The quantitative estimate of drug-likeness (QED) is 0.657. The molecule has 0 radical (unpaired) electrons. The number of nitrogens with zero attached hydrogens (tertiary/aromatic N) is 4. The number of fused-ring (bicyclic) bond motifs is 1. The maximum atomic E-state index is 12.2. The van der Waals surface area contributed by atoms with E-state index in [1.807, 2.05) is 36.4 Å². The van der Waals surface area contributed by atoms with Crippen molar-refractivity contribution >= 4 is 22.9 Å². The number of benzene rings is 2. The molecule has 0 saturated heterocycles. The Morgan fingerprint density at radius 1 is 1.12 bits per heavy atom. The van der Waals surface area contributed by atoms with Crippen molar-refractivity contribution < 1.29 is 14.3 Å². The summed E-state index contributed by atoms with van der Waals surface area (Å²) in [5, 5.41) is 8.28. The Kier molecular flexibility index (Phi) is 4.97. The number of aromatic nitrogens is 3. The summed E-state index contributed by atoms with van der Waals surface area (Å²) in [4.78, 5) is 25.3. The molecule has 0 aliphatic carbocycles. The first-order valence-corrected chi connectivity index (χ1v) is 8.25. The Morgan fingerprint density at radius 3 is 2.50 bits per heavy atom. The normalized spacial score (nSPS) is 12.0. The first-order valence-electron chi connectivity index (χ1n) is 8.25. The lowest BCUT2D eigenvalue weighted by atomic mass is 10.1. The van der Waals surface area contributed by atoms with E-state index < -0.39 is 12.1 Å². The second-order valence-corrected chi connectivity index (χ2v) is 6.21. The summed E-state index contributed by atoms with van der Waals surface area (Å²) in [5.41, 5.74) is 3.17. The molecule has 3 rings (SSSR count). The van der Waals surface area contributed by atoms with Gasteiger partial charge in [-0.25, -0.2) is 9.48 Å². The van der Waals surface area contributed by atoms with Crippen LogP contribution in [-0.4, -0.2) is 52.0 Å². The van der Waals surface area contributed by atoms with Gasteiger partial charge in [0.05, 0.1) is 17.6 Å². The van der Waals surface area contributed by atoms with Gasteiger partial charge in [0.25, 0.3) is 5.91 Å². The number of hydrogen-bond acceptors (Lipinski definition) is 5. The predicted molar refractivity (Wildman–Crippen MR) is 96.6 cm³/mol. The molecule has 0 fully saturated rings. The van der Waals surface area contributed by atoms with Crippen LogP contribution >= 0.6 is 0 Å². The van der Waals surface area contributed by atoms with Crippen molar-refractivity contribution in [2.45, 2.75) is 19.6 Å². The lowest BCUT2D eigenvalue weighted by molar-refractivity contribution is -0.137. The summed E-state index contributed by atoms with van der Waals surface area (Å²) < 4.78 is 7.01. The zero-order valence-corrected chi connectivity index (χ0v) is 14.9. The second kappa shape index (κ2) is 7.35. The Balaban J connectivity index is 1.68. The van der Waals surface area contributed by atoms with Crippen molar-refractivity contribution in [2.24, 2.45) is 0 Å². The van der Waals surface area contributed by atoms with Crippen LogP contribution in [0.5, 0.6) is 0 Å². The molecule has 26 heavy (non-hydrogen) atoms. The van der Waals surface area contributed by atoms with Crippen molar-refractivity contribution in [2.75, 3.05) is 14.1 Å². The van der Waals surface area contributed by atoms with Gasteiger partial charge in [-0.2, -0.15) is 0 Å². The maximum absolute atomic E-state index is 12.2. The number of esters is 1. The van der Waals surface area contributed by atoms with Gasteiger partial charge in [-0.15, -0.1) is 5.10 Å². The topological polar surface area (TPSA) is 77.3 Å². The zero-order chi connectivity index (χ0) is 18.7. The van der Waals surface area contributed by atoms with E-state index in [4.69, 9.17) is 4.74 Å². The number of carbonyl (C=O) groups excluding carboxylic acids is 2. The van der Waals surface area contributed by atoms with Crippen LogP contribution < -0.4 is 0 Å². The van der Waals surface area contributed by atoms with Crippen molar-refractivity contribution in [3.63, 3.8) is 0 Å². The predicted octanol–water partition coefficient (Wildman–Crippen LogP) is 2.11. The van der Waals surface area contributed by atoms with Crippen LogP contribution in [0, 0.1) is 0 Å². The van der Waals surface area contributed by atoms with Crippen molar-refractivity contribution in [3.8, 4) is 0 Å². The van der Waals surface area contributed by atoms with Crippen molar-refractivity contribution in [1.82, 2.24) is 19.9 Å². The molecule has 1 heterocycles. The highest BCUT2D eigenvalue weighted by Crippen LogP contribution is 2.13. The molecule has 7 heteroatoms. The SMILES string of the molecule is C[C@H](OC(=O)c1ccc(Cn2nnc3ccccc32)cc1)C(=O)N(C)C. The summed E-state index contributed by atoms with van der Waals surface area (Å²) in [7, 11) is 3.24. The molecule has 0 N–H and O–H groups in total. The molecular formula is C19H20N4O3. The molecule has 0 aliphatic heterocycles. The lowest BCUT2D eigenvalue weighted by Crippen LogP contribution is -2.34. The summed E-state index contributed by atoms with van der Waals surface area (Å²) in [6.07, 6.45) is -0.821. The van der Waals surface area contributed by atoms with Crippen LogP contribution in [0.3, 0.4) is 0 Å². The fourth-order valence-electron chi connectivity index (χ4n) is 2.60. The van der Waals surface area contributed by atoms with Gasteiger partial charge >= 0.3 is 5.97 Å². The third kappa shape index (κ3) is 3.72. The highest BCUT2D eigenvalue weighted by Gasteiger charge is 2.20. The van der Waals surface area contributed by atoms with Crippen LogP contribution in [0.1, 0.15) is 22.8 Å². The number of hydrogen-bond donors (Lipinski definition) is 0. The van der Waals surface area contributed by atoms with Crippen LogP contribution in [0.2, 0.25) is 0 Å². The lowest BCUT2D eigenvalue weighted by Gasteiger charge is -2.17. The Morgan fingerprint density at radius 2 is 1.81 bits per heavy atom. The van der Waals surface area contributed by atoms with Gasteiger partial charge in [-0.1, -0.05) is 29.5 Å². The van der Waals surface area contributed by atoms with E-state index >= 15 is 0 Å². The molecule has 7 nitrogen and oxygen atoms in total. The van der Waals surface area contributed by atoms with Crippen LogP contribution in [0.15, 0.2) is 48.5 Å². The number of likely N-dealkylation sites (N-methyl/N-ethyl adjacent to an activating group) is 1. The van der Waals surface area contributed by atoms with E-state index in [-0.39, 0.29) is 5.91 Å². The second-order valence-electron chi connectivity index (χ2n) is 6.21. The molecule has 0 spiro atoms. The Labute approximate surface area is 151 Å². The van der Waals surface area contributed by atoms with Gasteiger partial charge in [0.15, 0.2) is 6.10 Å². The molecule has 3 aromatic rings. The third-order valence-corrected chi connectivity index (χ3v) is 4.01. The highest BCUT2D eigenvalue weighted by atomic mass is 16.5. The minimum Gasteiger partial charge on any atom is -0.449 e.